The van der Waals surface area contributed by atoms with Crippen LogP contribution in [0.5, 0.6) is 0 Å². The molecule has 8 nitrogen and oxygen atoms in total. The van der Waals surface area contributed by atoms with Gasteiger partial charge in [0.05, 0.1) is 0 Å². The van der Waals surface area contributed by atoms with Gasteiger partial charge in [-0.15, -0.1) is 0 Å². The van der Waals surface area contributed by atoms with E-state index in [-0.39, 0.29) is 68.0 Å². The molecule has 0 atom stereocenters. The van der Waals surface area contributed by atoms with Crippen molar-refractivity contribution in [2.45, 2.75) is 171 Å². The minimum absolute atomic E-state index is 0.194. The molecule has 18 heteroatoms. The average molecular weight is 1340 g/mol. The first-order chi connectivity index (χ1) is 43.8. The predicted molar refractivity (Wildman–Crippen MR) is 346 cm³/mol. The van der Waals surface area contributed by atoms with Crippen LogP contribution in [0.3, 0.4) is 0 Å². The van der Waals surface area contributed by atoms with Gasteiger partial charge >= 0.3 is 547 Å². The van der Waals surface area contributed by atoms with Crippen LogP contribution >= 0.6 is 0 Å². The minimum atomic E-state index is -5.16. The maximum absolute atomic E-state index is 17.3. The van der Waals surface area contributed by atoms with Crippen LogP contribution in [0.1, 0.15) is 171 Å². The summed E-state index contributed by atoms with van der Waals surface area (Å²) in [5.41, 5.74) is -3.91. The van der Waals surface area contributed by atoms with Crippen molar-refractivity contribution in [3.05, 3.63) is 183 Å². The number of hydrogen-bond donors (Lipinski definition) is 4. The number of hydrogen-bond acceptors (Lipinski definition) is 4. The fourth-order valence-corrected chi connectivity index (χ4v) is 30.7. The number of allylic oxidation sites excluding steroid dienone is 16. The van der Waals surface area contributed by atoms with Gasteiger partial charge in [-0.25, -0.2) is 0 Å². The molecule has 0 unspecified atom stereocenters. The van der Waals surface area contributed by atoms with Gasteiger partial charge in [-0.3, -0.25) is 0 Å². The third kappa shape index (κ3) is 13.0. The number of carbonyl (C=O) groups is 4. The molecule has 2 saturated carbocycles. The van der Waals surface area contributed by atoms with Crippen molar-refractivity contribution in [3.8, 4) is 0 Å². The van der Waals surface area contributed by atoms with E-state index in [1.54, 1.807) is 88.5 Å². The molecule has 10 rings (SSSR count). The van der Waals surface area contributed by atoms with E-state index in [1.807, 2.05) is 39.8 Å². The normalized spacial score (nSPS) is 17.6. The Morgan fingerprint density at radius 3 is 0.859 bits per heavy atom. The van der Waals surface area contributed by atoms with E-state index in [9.17, 15) is 19.2 Å². The van der Waals surface area contributed by atoms with Crippen LogP contribution in [0, 0.1) is 68.2 Å². The number of nitrogens with one attached hydrogen (secondary N) is 4. The van der Waals surface area contributed by atoms with Gasteiger partial charge in [0.2, 0.25) is 0 Å². The van der Waals surface area contributed by atoms with Gasteiger partial charge in [0.15, 0.2) is 0 Å². The monoisotopic (exact) mass is 1340 g/mol. The van der Waals surface area contributed by atoms with Gasteiger partial charge in [-0.05, 0) is 0 Å². The van der Waals surface area contributed by atoms with Crippen LogP contribution in [0.15, 0.2) is 137 Å². The summed E-state index contributed by atoms with van der Waals surface area (Å²) in [6, 6.07) is 9.02. The van der Waals surface area contributed by atoms with Crippen LogP contribution in [0.25, 0.3) is 0 Å². The molecule has 92 heavy (non-hydrogen) atoms. The molecule has 0 aromatic heterocycles. The Bertz CT molecular complexity index is 3580. The molecule has 6 aliphatic rings. The molecule has 0 aliphatic heterocycles. The Hall–Kier alpha value is -6.45. The van der Waals surface area contributed by atoms with Crippen molar-refractivity contribution in [1.29, 1.82) is 0 Å². The Kier molecular flexibility index (Phi) is 21.8. The number of amides is 4. The number of benzene rings is 4. The molecule has 0 radical (unpaired) electrons. The second-order valence-electron chi connectivity index (χ2n) is 26.6. The van der Waals surface area contributed by atoms with E-state index in [4.69, 9.17) is 0 Å². The van der Waals surface area contributed by atoms with Crippen molar-refractivity contribution in [3.63, 3.8) is 0 Å². The molecule has 4 aromatic carbocycles. The third-order valence-corrected chi connectivity index (χ3v) is 36.7. The topological polar surface area (TPSA) is 116 Å². The number of rotatable bonds is 20. The molecule has 4 aromatic rings. The second-order valence-corrected chi connectivity index (χ2v) is 38.4. The van der Waals surface area contributed by atoms with E-state index < -0.39 is 121 Å². The quantitative estimate of drug-likeness (QED) is 0.0521. The summed E-state index contributed by atoms with van der Waals surface area (Å²) in [5.74, 6) is -9.42. The zero-order valence-electron chi connectivity index (χ0n) is 53.9. The molecule has 2 fully saturated rings. The second kappa shape index (κ2) is 28.6. The zero-order chi connectivity index (χ0) is 66.6. The van der Waals surface area contributed by atoms with Gasteiger partial charge in [-0.1, -0.05) is 0 Å². The molecule has 6 aliphatic carbocycles. The summed E-state index contributed by atoms with van der Waals surface area (Å²) in [5, 5.41) is 10.8. The fraction of sp³-hybridized carbons (Fsp3) is 0.405. The van der Waals surface area contributed by atoms with Gasteiger partial charge in [0.25, 0.3) is 0 Å². The van der Waals surface area contributed by atoms with Crippen molar-refractivity contribution >= 4 is 61.9 Å². The Morgan fingerprint density at radius 2 is 0.641 bits per heavy atom. The predicted octanol–water partition coefficient (Wildman–Crippen LogP) is 17.4. The number of carbonyl (C=O) groups excluding carboxylic acids is 4. The molecular formula is C74H84F8N4O4Ti2. The van der Waals surface area contributed by atoms with Crippen LogP contribution in [0.4, 0.5) is 57.9 Å². The standard InChI is InChI=1S/2C15H18F2NO.2C12H14F2NO.4C5H5.2Ti/c2*1-2-15(8-4-3-5-9-15)14(19)18-13-7-6-11(16)10-12(13)17;2*1-4-12(2,3)11(16)15-10-6-5-8(13)7-9(10)14;4*1-2-4-5-3-1;;/h2*6-7H,2-5,8-9H2,1H3,(H,18,19);2*5-6H,4H2,1-3H3,(H,15,16);4*1-3H,4H2;;. The van der Waals surface area contributed by atoms with Crippen LogP contribution in [0.2, 0.25) is 0 Å². The van der Waals surface area contributed by atoms with Crippen LogP contribution < -0.4 is 36.7 Å². The van der Waals surface area contributed by atoms with Crippen molar-refractivity contribution in [2.24, 2.45) is 21.7 Å². The Labute approximate surface area is 543 Å². The zero-order valence-corrected chi connectivity index (χ0v) is 57.1. The van der Waals surface area contributed by atoms with Crippen molar-refractivity contribution < 1.29 is 87.5 Å². The summed E-state index contributed by atoms with van der Waals surface area (Å²) in [7, 11) is 0. The maximum atomic E-state index is 17.3. The molecular weight excluding hydrogens is 1260 g/mol. The molecule has 0 saturated heterocycles. The van der Waals surface area contributed by atoms with E-state index in [0.29, 0.717) is 66.9 Å². The fourth-order valence-electron chi connectivity index (χ4n) is 14.2. The molecule has 4 amide bonds. The first kappa shape index (κ1) is 69.9. The molecule has 0 heterocycles. The van der Waals surface area contributed by atoms with E-state index >= 15 is 35.1 Å². The van der Waals surface area contributed by atoms with Crippen molar-refractivity contribution in [1.82, 2.24) is 0 Å². The Morgan fingerprint density at radius 1 is 0.391 bits per heavy atom. The summed E-state index contributed by atoms with van der Waals surface area (Å²) in [4.78, 5) is 53.7. The first-order valence-electron chi connectivity index (χ1n) is 32.5. The van der Waals surface area contributed by atoms with E-state index in [2.05, 4.69) is 21.3 Å². The molecule has 0 bridgehead atoms. The van der Waals surface area contributed by atoms with Crippen LogP contribution in [-0.2, 0) is 52.4 Å². The third-order valence-electron chi connectivity index (χ3n) is 20.8. The van der Waals surface area contributed by atoms with Gasteiger partial charge in [0, 0.05) is 0 Å². The SMILES string of the molecule is CCC(C)(C)C(=O)Nc1ccc(F)[c]([Ti]([C]2=CC=CC2)([C]2=CC=CC2)[c]2c(F)ccc(NC(=O)C(C)(C)CC)c2F)c1F.CCC1(C(=O)Nc2ccc(F)[c]([Ti]([C]3=CC=CC3)([C]3=CC=CC3)[c]3c(F)ccc(NC(=O)C4(CC)CCCCC4)c3F)c2F)CCCCC1. The molecule has 488 valence electrons. The van der Waals surface area contributed by atoms with Gasteiger partial charge in [-0.2, -0.15) is 0 Å². The average Bonchev–Trinajstić information content (AvgIpc) is 0.892. The summed E-state index contributed by atoms with van der Waals surface area (Å²) < 4.78 is 134. The number of anilines is 4. The van der Waals surface area contributed by atoms with E-state index in [0.717, 1.165) is 74.9 Å². The first-order valence-corrected chi connectivity index (χ1v) is 38.7. The molecule has 0 spiro atoms. The summed E-state index contributed by atoms with van der Waals surface area (Å²) in [6.07, 6.45) is 32.5. The summed E-state index contributed by atoms with van der Waals surface area (Å²) in [6.45, 7) is 14.4. The summed E-state index contributed by atoms with van der Waals surface area (Å²) >= 11 is -10.3. The van der Waals surface area contributed by atoms with Crippen LogP contribution in [-0.4, -0.2) is 23.6 Å². The van der Waals surface area contributed by atoms with E-state index in [1.165, 1.54) is 12.1 Å². The molecule has 4 N–H and O–H groups in total. The Balaban J connectivity index is 0.000000219. The van der Waals surface area contributed by atoms with Gasteiger partial charge < -0.3 is 0 Å². The van der Waals surface area contributed by atoms with Gasteiger partial charge in [0.1, 0.15) is 0 Å². The van der Waals surface area contributed by atoms with Crippen molar-refractivity contribution in [2.75, 3.05) is 21.3 Å². The number of halogens is 8.